The number of hydrogen-bond acceptors (Lipinski definition) is 5. The lowest BCUT2D eigenvalue weighted by Gasteiger charge is -2.30. The van der Waals surface area contributed by atoms with Gasteiger partial charge in [-0.25, -0.2) is 23.1 Å². The number of pyridine rings is 1. The largest absolute Gasteiger partial charge is 0.349 e. The Morgan fingerprint density at radius 2 is 1.84 bits per heavy atom. The molecule has 32 heavy (non-hydrogen) atoms. The van der Waals surface area contributed by atoms with Crippen LogP contribution in [0.5, 0.6) is 0 Å². The van der Waals surface area contributed by atoms with Gasteiger partial charge in [0.05, 0.1) is 18.1 Å². The molecule has 0 saturated carbocycles. The molecular weight excluding hydrogens is 487 g/mol. The van der Waals surface area contributed by atoms with Crippen molar-refractivity contribution in [3.8, 4) is 0 Å². The second-order valence-corrected chi connectivity index (χ2v) is 8.14. The van der Waals surface area contributed by atoms with Gasteiger partial charge in [-0.2, -0.15) is 0 Å². The van der Waals surface area contributed by atoms with E-state index in [1.165, 1.54) is 30.7 Å². The Morgan fingerprint density at radius 3 is 2.50 bits per heavy atom. The van der Waals surface area contributed by atoms with Crippen molar-refractivity contribution in [1.82, 2.24) is 15.0 Å². The lowest BCUT2D eigenvalue weighted by Crippen LogP contribution is -2.32. The predicted molar refractivity (Wildman–Crippen MR) is 118 cm³/mol. The first kappa shape index (κ1) is 21.9. The zero-order chi connectivity index (χ0) is 22.8. The molecule has 3 heterocycles. The highest BCUT2D eigenvalue weighted by molar-refractivity contribution is 9.10. The van der Waals surface area contributed by atoms with Crippen LogP contribution in [0, 0.1) is 17.5 Å². The van der Waals surface area contributed by atoms with Gasteiger partial charge in [0.15, 0.2) is 17.5 Å². The number of hydrogen-bond donors (Lipinski definition) is 1. The van der Waals surface area contributed by atoms with Gasteiger partial charge in [0.1, 0.15) is 17.2 Å². The van der Waals surface area contributed by atoms with Crippen molar-refractivity contribution < 1.29 is 18.0 Å². The van der Waals surface area contributed by atoms with Crippen molar-refractivity contribution in [3.63, 3.8) is 0 Å². The van der Waals surface area contributed by atoms with Crippen LogP contribution in [0.1, 0.15) is 29.4 Å². The second kappa shape index (κ2) is 9.07. The van der Waals surface area contributed by atoms with Gasteiger partial charge in [-0.15, -0.1) is 0 Å². The molecule has 0 radical (unpaired) electrons. The Bertz CT molecular complexity index is 1190. The summed E-state index contributed by atoms with van der Waals surface area (Å²) in [5.41, 5.74) is 1.81. The van der Waals surface area contributed by atoms with Crippen LogP contribution >= 0.6 is 15.9 Å². The molecule has 1 aromatic carbocycles. The van der Waals surface area contributed by atoms with Crippen LogP contribution in [0.3, 0.4) is 0 Å². The monoisotopic (exact) mass is 503 g/mol. The Kier molecular flexibility index (Phi) is 6.22. The summed E-state index contributed by atoms with van der Waals surface area (Å²) in [4.78, 5) is 26.8. The minimum absolute atomic E-state index is 0.0437. The van der Waals surface area contributed by atoms with Gasteiger partial charge in [-0.05, 0) is 43.2 Å². The summed E-state index contributed by atoms with van der Waals surface area (Å²) < 4.78 is 42.4. The maximum Gasteiger partial charge on any atom is 0.262 e. The average molecular weight is 504 g/mol. The topological polar surface area (TPSA) is 71.0 Å². The van der Waals surface area contributed by atoms with Crippen LogP contribution in [0.25, 0.3) is 5.57 Å². The summed E-state index contributed by atoms with van der Waals surface area (Å²) in [7, 11) is 0. The minimum atomic E-state index is -0.996. The van der Waals surface area contributed by atoms with Crippen LogP contribution < -0.4 is 10.2 Å². The van der Waals surface area contributed by atoms with Crippen molar-refractivity contribution >= 4 is 39.0 Å². The van der Waals surface area contributed by atoms with Gasteiger partial charge >= 0.3 is 0 Å². The highest BCUT2D eigenvalue weighted by Crippen LogP contribution is 2.29. The molecule has 10 heteroatoms. The number of carbonyl (C=O) groups excluding carboxylic acids is 1. The summed E-state index contributed by atoms with van der Waals surface area (Å²) in [6.07, 6.45) is 5.01. The summed E-state index contributed by atoms with van der Waals surface area (Å²) in [5, 5.41) is 2.35. The zero-order valence-electron chi connectivity index (χ0n) is 16.9. The first-order valence-electron chi connectivity index (χ1n) is 9.66. The third-order valence-electron chi connectivity index (χ3n) is 5.10. The van der Waals surface area contributed by atoms with Crippen molar-refractivity contribution in [2.24, 2.45) is 0 Å². The molecule has 0 fully saturated rings. The minimum Gasteiger partial charge on any atom is -0.349 e. The third-order valence-corrected chi connectivity index (χ3v) is 5.55. The Balaban J connectivity index is 1.52. The third kappa shape index (κ3) is 4.50. The number of rotatable bonds is 4. The maximum absolute atomic E-state index is 14.1. The average Bonchev–Trinajstić information content (AvgIpc) is 2.74. The normalized spacial score (nSPS) is 14.0. The van der Waals surface area contributed by atoms with Gasteiger partial charge in [0.25, 0.3) is 5.91 Å². The number of aromatic nitrogens is 3. The van der Waals surface area contributed by atoms with Crippen LogP contribution in [0.2, 0.25) is 0 Å². The van der Waals surface area contributed by atoms with E-state index in [2.05, 4.69) is 36.2 Å². The molecule has 6 nitrogen and oxygen atoms in total. The molecule has 1 amide bonds. The molecule has 0 aliphatic carbocycles. The first-order valence-corrected chi connectivity index (χ1v) is 10.4. The number of amides is 1. The summed E-state index contributed by atoms with van der Waals surface area (Å²) in [6, 6.07) is 4.90. The summed E-state index contributed by atoms with van der Waals surface area (Å²) in [6.45, 7) is 2.99. The molecule has 1 aliphatic rings. The van der Waals surface area contributed by atoms with E-state index in [9.17, 15) is 18.0 Å². The van der Waals surface area contributed by atoms with Crippen molar-refractivity contribution in [3.05, 3.63) is 81.6 Å². The molecule has 0 saturated heterocycles. The number of anilines is 2. The van der Waals surface area contributed by atoms with E-state index in [0.29, 0.717) is 25.2 Å². The highest BCUT2D eigenvalue weighted by atomic mass is 79.9. The van der Waals surface area contributed by atoms with Gasteiger partial charge in [0.2, 0.25) is 0 Å². The molecule has 4 rings (SSSR count). The Labute approximate surface area is 190 Å². The molecule has 2 aromatic heterocycles. The van der Waals surface area contributed by atoms with Crippen molar-refractivity contribution in [2.45, 2.75) is 13.3 Å². The van der Waals surface area contributed by atoms with Crippen LogP contribution in [-0.2, 0) is 0 Å². The molecule has 164 valence electrons. The lowest BCUT2D eigenvalue weighted by atomic mass is 9.99. The fraction of sp³-hybridized carbons (Fsp3) is 0.182. The molecule has 3 aromatic rings. The molecule has 0 unspecified atom stereocenters. The number of nitrogens with zero attached hydrogens (tertiary/aromatic N) is 4. The van der Waals surface area contributed by atoms with Gasteiger partial charge in [0, 0.05) is 23.8 Å². The zero-order valence-corrected chi connectivity index (χ0v) is 18.5. The molecule has 0 spiro atoms. The van der Waals surface area contributed by atoms with Gasteiger partial charge in [-0.3, -0.25) is 9.78 Å². The molecule has 0 bridgehead atoms. The van der Waals surface area contributed by atoms with E-state index in [4.69, 9.17) is 0 Å². The maximum atomic E-state index is 14.1. The number of nitrogens with one attached hydrogen (secondary N) is 1. The molecule has 1 aliphatic heterocycles. The van der Waals surface area contributed by atoms with Gasteiger partial charge < -0.3 is 10.2 Å². The van der Waals surface area contributed by atoms with Crippen molar-refractivity contribution in [1.29, 1.82) is 0 Å². The molecular formula is C22H17BrF3N5O. The van der Waals surface area contributed by atoms with Gasteiger partial charge in [-0.1, -0.05) is 21.5 Å². The van der Waals surface area contributed by atoms with Crippen LogP contribution in [0.4, 0.5) is 24.8 Å². The predicted octanol–water partition coefficient (Wildman–Crippen LogP) is 4.99. The fourth-order valence-corrected chi connectivity index (χ4v) is 3.84. The summed E-state index contributed by atoms with van der Waals surface area (Å²) >= 11 is 2.97. The Hall–Kier alpha value is -3.27. The summed E-state index contributed by atoms with van der Waals surface area (Å²) in [5.74, 6) is -3.05. The van der Waals surface area contributed by atoms with E-state index in [1.54, 1.807) is 0 Å². The Morgan fingerprint density at radius 1 is 1.09 bits per heavy atom. The molecule has 0 atom stereocenters. The van der Waals surface area contributed by atoms with E-state index >= 15 is 0 Å². The number of halogens is 4. The van der Waals surface area contributed by atoms with E-state index in [-0.39, 0.29) is 16.1 Å². The number of benzene rings is 1. The van der Waals surface area contributed by atoms with E-state index in [1.807, 2.05) is 11.8 Å². The fourth-order valence-electron chi connectivity index (χ4n) is 3.44. The lowest BCUT2D eigenvalue weighted by molar-refractivity contribution is 0.101. The van der Waals surface area contributed by atoms with Crippen LogP contribution in [-0.4, -0.2) is 33.9 Å². The molecule has 1 N–H and O–H groups in total. The SMILES string of the molecule is CC1=C(c2cnc(NC(=O)c3c(F)cc(Br)cc3F)cn2)CN(c2ncccc2F)CC1. The first-order chi connectivity index (χ1) is 15.3. The standard InChI is InChI=1S/C22H17BrF3N5O/c1-12-4-6-31(21-15(24)3-2-5-27-21)11-14(12)18-9-29-19(10-28-18)30-22(32)20-16(25)7-13(23)8-17(20)26/h2-3,5,7-10H,4,6,11H2,1H3,(H,29,30,32). The smallest absolute Gasteiger partial charge is 0.262 e. The number of carbonyl (C=O) groups is 1. The van der Waals surface area contributed by atoms with Crippen LogP contribution in [0.15, 0.2) is 52.9 Å². The highest BCUT2D eigenvalue weighted by Gasteiger charge is 2.23. The van der Waals surface area contributed by atoms with Crippen molar-refractivity contribution in [2.75, 3.05) is 23.3 Å². The quantitative estimate of drug-likeness (QED) is 0.543. The van der Waals surface area contributed by atoms with E-state index in [0.717, 1.165) is 23.3 Å². The van der Waals surface area contributed by atoms with E-state index < -0.39 is 28.9 Å². The second-order valence-electron chi connectivity index (χ2n) is 7.22.